The van der Waals surface area contributed by atoms with Crippen molar-refractivity contribution in [1.82, 2.24) is 24.8 Å². The number of aryl methyl sites for hydroxylation is 1. The summed E-state index contributed by atoms with van der Waals surface area (Å²) in [5.74, 6) is 2.05. The third-order valence-corrected chi connectivity index (χ3v) is 14.6. The van der Waals surface area contributed by atoms with E-state index >= 15 is 0 Å². The van der Waals surface area contributed by atoms with Gasteiger partial charge in [0.25, 0.3) is 5.91 Å². The SMILES string of the molecule is CC1(C)OB(c2ccc(N3CCC(F)C3)c(C#N)c2)OC1(C)C.COc1cc(C(=O)N(C)C)ncc1-c1cc2nccc(-c3ccc(N4CCC(F)C4)c(C#N)c3)c2o1.COc1cc(C)ncc1-c1cc2nccc(Cl)c2o1. The van der Waals surface area contributed by atoms with E-state index < -0.39 is 30.7 Å². The molecular formula is C58H57BClF2N9O7. The Morgan fingerprint density at radius 2 is 1.26 bits per heavy atom. The summed E-state index contributed by atoms with van der Waals surface area (Å²) in [7, 11) is 5.96. The van der Waals surface area contributed by atoms with Crippen molar-refractivity contribution in [3.63, 3.8) is 0 Å². The first-order valence-corrected chi connectivity index (χ1v) is 25.6. The Morgan fingerprint density at radius 1 is 0.718 bits per heavy atom. The molecular weight excluding hydrogens is 1020 g/mol. The lowest BCUT2D eigenvalue weighted by molar-refractivity contribution is 0.00578. The first kappa shape index (κ1) is 54.7. The zero-order chi connectivity index (χ0) is 55.6. The van der Waals surface area contributed by atoms with Gasteiger partial charge in [-0.05, 0) is 94.9 Å². The Morgan fingerprint density at radius 3 is 1.81 bits per heavy atom. The second kappa shape index (κ2) is 22.5. The van der Waals surface area contributed by atoms with E-state index in [1.165, 1.54) is 12.0 Å². The highest BCUT2D eigenvalue weighted by atomic mass is 35.5. The Hall–Kier alpha value is -8.10. The molecule has 3 fully saturated rings. The van der Waals surface area contributed by atoms with Crippen molar-refractivity contribution in [1.29, 1.82) is 10.5 Å². The molecule has 400 valence electrons. The summed E-state index contributed by atoms with van der Waals surface area (Å²) >= 11 is 6.08. The molecule has 2 atom stereocenters. The van der Waals surface area contributed by atoms with Gasteiger partial charge in [-0.1, -0.05) is 23.7 Å². The highest BCUT2D eigenvalue weighted by molar-refractivity contribution is 6.62. The van der Waals surface area contributed by atoms with Crippen molar-refractivity contribution in [2.24, 2.45) is 0 Å². The van der Waals surface area contributed by atoms with Crippen LogP contribution >= 0.6 is 11.6 Å². The minimum absolute atomic E-state index is 0.235. The van der Waals surface area contributed by atoms with E-state index in [1.54, 1.807) is 76.3 Å². The molecule has 2 aromatic carbocycles. The Kier molecular flexibility index (Phi) is 15.8. The fourth-order valence-corrected chi connectivity index (χ4v) is 9.54. The van der Waals surface area contributed by atoms with Crippen molar-refractivity contribution in [3.8, 4) is 57.4 Å². The maximum absolute atomic E-state index is 13.7. The van der Waals surface area contributed by atoms with E-state index in [-0.39, 0.29) is 11.6 Å². The third-order valence-electron chi connectivity index (χ3n) is 14.3. The van der Waals surface area contributed by atoms with Crippen LogP contribution in [-0.4, -0.2) is 116 Å². The van der Waals surface area contributed by atoms with Gasteiger partial charge < -0.3 is 42.3 Å². The van der Waals surface area contributed by atoms with Crippen LogP contribution in [0.1, 0.15) is 67.8 Å². The summed E-state index contributed by atoms with van der Waals surface area (Å²) in [6.07, 6.45) is 5.89. The molecule has 0 bridgehead atoms. The molecule has 6 aromatic heterocycles. The second-order valence-electron chi connectivity index (χ2n) is 20.3. The Labute approximate surface area is 456 Å². The number of carbonyl (C=O) groups is 1. The summed E-state index contributed by atoms with van der Waals surface area (Å²) in [6.45, 7) is 11.8. The van der Waals surface area contributed by atoms with E-state index in [0.717, 1.165) is 39.2 Å². The highest BCUT2D eigenvalue weighted by Crippen LogP contribution is 2.40. The number of furan rings is 2. The first-order valence-electron chi connectivity index (χ1n) is 25.2. The van der Waals surface area contributed by atoms with Crippen molar-refractivity contribution in [2.45, 2.75) is 71.0 Å². The molecule has 78 heavy (non-hydrogen) atoms. The van der Waals surface area contributed by atoms with Gasteiger partial charge in [0, 0.05) is 101 Å². The van der Waals surface area contributed by atoms with Gasteiger partial charge in [0.1, 0.15) is 64.2 Å². The maximum atomic E-state index is 13.7. The molecule has 0 radical (unpaired) electrons. The van der Waals surface area contributed by atoms with Gasteiger partial charge in [-0.25, -0.2) is 8.78 Å². The number of nitriles is 2. The number of ether oxygens (including phenoxy) is 2. The fourth-order valence-electron chi connectivity index (χ4n) is 9.35. The average Bonchev–Trinajstić information content (AvgIpc) is 4.34. The summed E-state index contributed by atoms with van der Waals surface area (Å²) in [5, 5.41) is 19.8. The van der Waals surface area contributed by atoms with Gasteiger partial charge in [-0.3, -0.25) is 24.7 Å². The van der Waals surface area contributed by atoms with Crippen LogP contribution in [0.4, 0.5) is 20.2 Å². The number of nitrogens with zero attached hydrogens (tertiary/aromatic N) is 9. The standard InChI is InChI=1S/C27H24FN5O3.C17H22BFN2O2.C14H11ClN2O2/c1-32(2)27(34)22-12-24(35-3)20(14-31-22)25-11-21-26(36-25)19(6-8-30-21)16-4-5-23(17(10-16)13-29)33-9-7-18(28)15-33;1-16(2)17(3,4)23-18(22-16)13-5-6-15(12(9-13)10-20)21-8-7-14(19)11-21;1-8-5-12(18-2)9(7-17-8)13-6-11-14(19-13)10(15)3-4-16-11/h4-6,8,10-12,14,18H,7,9,15H2,1-3H3;5-6,9,14H,7-8,11H2,1-4H3;3-7H,1-2H3. The van der Waals surface area contributed by atoms with Gasteiger partial charge in [0.05, 0.1) is 64.1 Å². The molecule has 0 spiro atoms. The Bertz CT molecular complexity index is 3620. The summed E-state index contributed by atoms with van der Waals surface area (Å²) in [5.41, 5.74) is 9.03. The number of aromatic nitrogens is 4. The number of halogens is 3. The van der Waals surface area contributed by atoms with Crippen LogP contribution < -0.4 is 24.7 Å². The van der Waals surface area contributed by atoms with E-state index in [0.29, 0.717) is 106 Å². The molecule has 0 N–H and O–H groups in total. The lowest BCUT2D eigenvalue weighted by atomic mass is 9.78. The zero-order valence-electron chi connectivity index (χ0n) is 44.7. The molecule has 0 aliphatic carbocycles. The molecule has 11 rings (SSSR count). The average molecular weight is 1080 g/mol. The predicted molar refractivity (Wildman–Crippen MR) is 296 cm³/mol. The molecule has 8 aromatic rings. The van der Waals surface area contributed by atoms with Crippen molar-refractivity contribution >= 4 is 63.7 Å². The second-order valence-corrected chi connectivity index (χ2v) is 20.7. The zero-order valence-corrected chi connectivity index (χ0v) is 45.5. The number of benzene rings is 2. The highest BCUT2D eigenvalue weighted by Gasteiger charge is 2.52. The van der Waals surface area contributed by atoms with Crippen LogP contribution in [0.3, 0.4) is 0 Å². The number of methoxy groups -OCH3 is 2. The van der Waals surface area contributed by atoms with Gasteiger partial charge in [-0.15, -0.1) is 0 Å². The summed E-state index contributed by atoms with van der Waals surface area (Å²) in [6, 6.07) is 26.2. The third kappa shape index (κ3) is 11.2. The number of rotatable bonds is 9. The van der Waals surface area contributed by atoms with Crippen LogP contribution in [0, 0.1) is 29.6 Å². The maximum Gasteiger partial charge on any atom is 0.494 e. The topological polar surface area (TPSA) is 189 Å². The minimum Gasteiger partial charge on any atom is -0.496 e. The van der Waals surface area contributed by atoms with Gasteiger partial charge in [0.15, 0.2) is 11.2 Å². The molecule has 9 heterocycles. The molecule has 3 saturated heterocycles. The fraction of sp³-hybridized carbons (Fsp3) is 0.328. The van der Waals surface area contributed by atoms with Crippen molar-refractivity contribution in [2.75, 3.05) is 64.3 Å². The van der Waals surface area contributed by atoms with Gasteiger partial charge in [0.2, 0.25) is 0 Å². The molecule has 2 unspecified atom stereocenters. The number of anilines is 2. The monoisotopic (exact) mass is 1080 g/mol. The van der Waals surface area contributed by atoms with E-state index in [4.69, 9.17) is 39.2 Å². The van der Waals surface area contributed by atoms with Crippen LogP contribution in [-0.2, 0) is 9.31 Å². The van der Waals surface area contributed by atoms with E-state index in [2.05, 4.69) is 32.1 Å². The Balaban J connectivity index is 0.000000152. The normalized spacial score (nSPS) is 17.2. The van der Waals surface area contributed by atoms with Crippen molar-refractivity contribution in [3.05, 3.63) is 125 Å². The predicted octanol–water partition coefficient (Wildman–Crippen LogP) is 11.0. The number of carbonyl (C=O) groups excluding carboxylic acids is 1. The minimum atomic E-state index is -0.876. The number of fused-ring (bicyclic) bond motifs is 2. The quantitative estimate of drug-likeness (QED) is 0.124. The number of hydrogen-bond acceptors (Lipinski definition) is 15. The lowest BCUT2D eigenvalue weighted by Gasteiger charge is -2.32. The number of amides is 1. The summed E-state index contributed by atoms with van der Waals surface area (Å²) < 4.78 is 62.1. The summed E-state index contributed by atoms with van der Waals surface area (Å²) in [4.78, 5) is 34.8. The molecule has 3 aliphatic heterocycles. The van der Waals surface area contributed by atoms with E-state index in [9.17, 15) is 24.1 Å². The molecule has 20 heteroatoms. The van der Waals surface area contributed by atoms with Crippen LogP contribution in [0.5, 0.6) is 11.5 Å². The molecule has 16 nitrogen and oxygen atoms in total. The largest absolute Gasteiger partial charge is 0.496 e. The van der Waals surface area contributed by atoms with Crippen molar-refractivity contribution < 1.29 is 41.2 Å². The van der Waals surface area contributed by atoms with Crippen LogP contribution in [0.15, 0.2) is 106 Å². The van der Waals surface area contributed by atoms with Gasteiger partial charge in [-0.2, -0.15) is 10.5 Å². The molecule has 3 aliphatic rings. The van der Waals surface area contributed by atoms with E-state index in [1.807, 2.05) is 86.9 Å². The lowest BCUT2D eigenvalue weighted by Crippen LogP contribution is -2.41. The van der Waals surface area contributed by atoms with Crippen LogP contribution in [0.25, 0.3) is 56.0 Å². The smallest absolute Gasteiger partial charge is 0.494 e. The number of alkyl halides is 2. The number of hydrogen-bond donors (Lipinski definition) is 0. The molecule has 1 amide bonds. The number of pyridine rings is 4. The molecule has 0 saturated carbocycles. The van der Waals surface area contributed by atoms with Gasteiger partial charge >= 0.3 is 7.12 Å². The first-order chi connectivity index (χ1) is 37.3. The van der Waals surface area contributed by atoms with Crippen LogP contribution in [0.2, 0.25) is 5.02 Å².